The standard InChI is InChI=1S/C17H23N5O/c1-12-13(2)21-16(20-12)17(23)19-11-14-6-7-15(18-10-14)22-8-4-3-5-9-22/h6-7,10H,3-5,8-9,11H2,1-2H3,(H,19,23)(H,20,21). The molecule has 2 aromatic heterocycles. The van der Waals surface area contributed by atoms with Gasteiger partial charge in [-0.1, -0.05) is 6.07 Å². The molecule has 1 amide bonds. The summed E-state index contributed by atoms with van der Waals surface area (Å²) in [6.45, 7) is 6.40. The van der Waals surface area contributed by atoms with E-state index >= 15 is 0 Å². The van der Waals surface area contributed by atoms with Crippen LogP contribution in [0.15, 0.2) is 18.3 Å². The Morgan fingerprint density at radius 2 is 2.04 bits per heavy atom. The van der Waals surface area contributed by atoms with E-state index in [0.717, 1.165) is 35.9 Å². The van der Waals surface area contributed by atoms with Crippen LogP contribution in [0.3, 0.4) is 0 Å². The minimum atomic E-state index is -0.193. The summed E-state index contributed by atoms with van der Waals surface area (Å²) in [5, 5.41) is 2.87. The zero-order chi connectivity index (χ0) is 16.2. The van der Waals surface area contributed by atoms with Crippen LogP contribution in [0.4, 0.5) is 5.82 Å². The highest BCUT2D eigenvalue weighted by Crippen LogP contribution is 2.17. The van der Waals surface area contributed by atoms with Crippen LogP contribution in [0.25, 0.3) is 0 Å². The van der Waals surface area contributed by atoms with Crippen molar-refractivity contribution in [2.45, 2.75) is 39.7 Å². The Kier molecular flexibility index (Phi) is 4.60. The van der Waals surface area contributed by atoms with Crippen molar-refractivity contribution in [2.75, 3.05) is 18.0 Å². The highest BCUT2D eigenvalue weighted by Gasteiger charge is 2.13. The fourth-order valence-electron chi connectivity index (χ4n) is 2.75. The lowest BCUT2D eigenvalue weighted by Crippen LogP contribution is -2.30. The van der Waals surface area contributed by atoms with Gasteiger partial charge in [-0.05, 0) is 44.7 Å². The molecule has 6 nitrogen and oxygen atoms in total. The van der Waals surface area contributed by atoms with Crippen LogP contribution in [0.2, 0.25) is 0 Å². The van der Waals surface area contributed by atoms with E-state index in [0.29, 0.717) is 12.4 Å². The van der Waals surface area contributed by atoms with Gasteiger partial charge < -0.3 is 15.2 Å². The molecule has 0 unspecified atom stereocenters. The largest absolute Gasteiger partial charge is 0.357 e. The number of hydrogen-bond donors (Lipinski definition) is 2. The number of nitrogens with one attached hydrogen (secondary N) is 2. The minimum Gasteiger partial charge on any atom is -0.357 e. The van der Waals surface area contributed by atoms with Gasteiger partial charge in [0.15, 0.2) is 5.82 Å². The van der Waals surface area contributed by atoms with Gasteiger partial charge in [-0.2, -0.15) is 0 Å². The van der Waals surface area contributed by atoms with Crippen LogP contribution < -0.4 is 10.2 Å². The zero-order valence-electron chi connectivity index (χ0n) is 13.7. The van der Waals surface area contributed by atoms with E-state index in [1.54, 1.807) is 0 Å². The van der Waals surface area contributed by atoms with E-state index in [9.17, 15) is 4.79 Å². The second-order valence-electron chi connectivity index (χ2n) is 6.05. The molecule has 0 aliphatic carbocycles. The number of imidazole rings is 1. The number of nitrogens with zero attached hydrogens (tertiary/aromatic N) is 3. The summed E-state index contributed by atoms with van der Waals surface area (Å²) in [6, 6.07) is 4.06. The lowest BCUT2D eigenvalue weighted by molar-refractivity contribution is 0.0941. The molecule has 1 aliphatic heterocycles. The maximum atomic E-state index is 12.1. The number of carbonyl (C=O) groups excluding carboxylic acids is 1. The first-order valence-corrected chi connectivity index (χ1v) is 8.15. The highest BCUT2D eigenvalue weighted by atomic mass is 16.2. The third-order valence-electron chi connectivity index (χ3n) is 4.29. The Hall–Kier alpha value is -2.37. The number of hydrogen-bond acceptors (Lipinski definition) is 4. The third kappa shape index (κ3) is 3.70. The second-order valence-corrected chi connectivity index (χ2v) is 6.05. The van der Waals surface area contributed by atoms with E-state index in [2.05, 4.69) is 25.2 Å². The van der Waals surface area contributed by atoms with E-state index < -0.39 is 0 Å². The van der Waals surface area contributed by atoms with E-state index in [1.807, 2.05) is 32.2 Å². The zero-order valence-corrected chi connectivity index (χ0v) is 13.7. The van der Waals surface area contributed by atoms with Crippen molar-refractivity contribution in [1.29, 1.82) is 0 Å². The molecule has 3 rings (SSSR count). The van der Waals surface area contributed by atoms with Gasteiger partial charge >= 0.3 is 0 Å². The highest BCUT2D eigenvalue weighted by molar-refractivity contribution is 5.90. The quantitative estimate of drug-likeness (QED) is 0.908. The maximum absolute atomic E-state index is 12.1. The molecule has 1 fully saturated rings. The lowest BCUT2D eigenvalue weighted by Gasteiger charge is -2.27. The molecule has 2 N–H and O–H groups in total. The molecule has 122 valence electrons. The topological polar surface area (TPSA) is 73.9 Å². The predicted octanol–water partition coefficient (Wildman–Crippen LogP) is 2.34. The number of H-pyrrole nitrogens is 1. The molecular weight excluding hydrogens is 290 g/mol. The van der Waals surface area contributed by atoms with Crippen molar-refractivity contribution in [1.82, 2.24) is 20.3 Å². The average molecular weight is 313 g/mol. The fourth-order valence-corrected chi connectivity index (χ4v) is 2.75. The fraction of sp³-hybridized carbons (Fsp3) is 0.471. The first-order chi connectivity index (χ1) is 11.1. The molecule has 23 heavy (non-hydrogen) atoms. The number of amides is 1. The van der Waals surface area contributed by atoms with Crippen molar-refractivity contribution in [3.05, 3.63) is 41.1 Å². The molecule has 0 radical (unpaired) electrons. The molecular formula is C17H23N5O. The predicted molar refractivity (Wildman–Crippen MR) is 89.5 cm³/mol. The monoisotopic (exact) mass is 313 g/mol. The summed E-state index contributed by atoms with van der Waals surface area (Å²) in [4.78, 5) is 26.1. The number of rotatable bonds is 4. The SMILES string of the molecule is Cc1nc(C(=O)NCc2ccc(N3CCCCC3)nc2)[nH]c1C. The van der Waals surface area contributed by atoms with Gasteiger partial charge in [-0.3, -0.25) is 4.79 Å². The van der Waals surface area contributed by atoms with Crippen LogP contribution in [-0.4, -0.2) is 33.9 Å². The molecule has 6 heteroatoms. The Balaban J connectivity index is 1.56. The Bertz CT molecular complexity index is 651. The molecule has 0 atom stereocenters. The average Bonchev–Trinajstić information content (AvgIpc) is 2.93. The third-order valence-corrected chi connectivity index (χ3v) is 4.29. The number of pyridine rings is 1. The molecule has 0 aromatic carbocycles. The van der Waals surface area contributed by atoms with Crippen LogP contribution in [0.5, 0.6) is 0 Å². The van der Waals surface area contributed by atoms with Gasteiger partial charge in [0.1, 0.15) is 5.82 Å². The van der Waals surface area contributed by atoms with Gasteiger partial charge in [0.05, 0.1) is 5.69 Å². The van der Waals surface area contributed by atoms with Gasteiger partial charge in [0.25, 0.3) is 5.91 Å². The summed E-state index contributed by atoms with van der Waals surface area (Å²) in [5.41, 5.74) is 2.75. The second kappa shape index (κ2) is 6.81. The van der Waals surface area contributed by atoms with Gasteiger partial charge in [-0.15, -0.1) is 0 Å². The van der Waals surface area contributed by atoms with Gasteiger partial charge in [0, 0.05) is 31.5 Å². The smallest absolute Gasteiger partial charge is 0.287 e. The van der Waals surface area contributed by atoms with Crippen molar-refractivity contribution >= 4 is 11.7 Å². The summed E-state index contributed by atoms with van der Waals surface area (Å²) >= 11 is 0. The number of carbonyl (C=O) groups is 1. The normalized spacial score (nSPS) is 14.8. The Labute approximate surface area is 136 Å². The van der Waals surface area contributed by atoms with Crippen molar-refractivity contribution < 1.29 is 4.79 Å². The Morgan fingerprint density at radius 3 is 2.65 bits per heavy atom. The Morgan fingerprint density at radius 1 is 1.26 bits per heavy atom. The molecule has 1 aliphatic rings. The lowest BCUT2D eigenvalue weighted by atomic mass is 10.1. The minimum absolute atomic E-state index is 0.193. The van der Waals surface area contributed by atoms with Crippen LogP contribution in [0, 0.1) is 13.8 Å². The summed E-state index contributed by atoms with van der Waals surface area (Å²) in [5.74, 6) is 1.19. The van der Waals surface area contributed by atoms with Crippen LogP contribution >= 0.6 is 0 Å². The van der Waals surface area contributed by atoms with Crippen molar-refractivity contribution in [3.63, 3.8) is 0 Å². The number of aromatic amines is 1. The molecule has 2 aromatic rings. The van der Waals surface area contributed by atoms with Crippen LogP contribution in [0.1, 0.15) is 46.8 Å². The van der Waals surface area contributed by atoms with Crippen molar-refractivity contribution in [3.8, 4) is 0 Å². The molecule has 0 saturated carbocycles. The maximum Gasteiger partial charge on any atom is 0.287 e. The number of anilines is 1. The summed E-state index contributed by atoms with van der Waals surface area (Å²) < 4.78 is 0. The number of aromatic nitrogens is 3. The van der Waals surface area contributed by atoms with E-state index in [1.165, 1.54) is 19.3 Å². The molecule has 1 saturated heterocycles. The summed E-state index contributed by atoms with van der Waals surface area (Å²) in [6.07, 6.45) is 5.62. The van der Waals surface area contributed by atoms with Crippen LogP contribution in [-0.2, 0) is 6.54 Å². The van der Waals surface area contributed by atoms with E-state index in [4.69, 9.17) is 0 Å². The first-order valence-electron chi connectivity index (χ1n) is 8.15. The first kappa shape index (κ1) is 15.5. The molecule has 0 spiro atoms. The number of piperidine rings is 1. The molecule has 0 bridgehead atoms. The number of aryl methyl sites for hydroxylation is 2. The summed E-state index contributed by atoms with van der Waals surface area (Å²) in [7, 11) is 0. The van der Waals surface area contributed by atoms with E-state index in [-0.39, 0.29) is 5.91 Å². The molecule has 3 heterocycles. The van der Waals surface area contributed by atoms with Gasteiger partial charge in [0.2, 0.25) is 0 Å². The van der Waals surface area contributed by atoms with Crippen molar-refractivity contribution in [2.24, 2.45) is 0 Å². The van der Waals surface area contributed by atoms with Gasteiger partial charge in [-0.25, -0.2) is 9.97 Å².